The fourth-order valence-electron chi connectivity index (χ4n) is 4.26. The summed E-state index contributed by atoms with van der Waals surface area (Å²) in [6, 6.07) is 8.48. The number of amides is 1. The van der Waals surface area contributed by atoms with Crippen LogP contribution in [0.3, 0.4) is 0 Å². The van der Waals surface area contributed by atoms with E-state index < -0.39 is 18.2 Å². The molecule has 0 spiro atoms. The van der Waals surface area contributed by atoms with E-state index in [1.807, 2.05) is 0 Å². The molecule has 2 aromatic carbocycles. The fraction of sp³-hybridized carbons (Fsp3) is 0.217. The summed E-state index contributed by atoms with van der Waals surface area (Å²) in [6.07, 6.45) is 3.22. The van der Waals surface area contributed by atoms with Gasteiger partial charge in [-0.05, 0) is 23.8 Å². The van der Waals surface area contributed by atoms with Crippen LogP contribution in [0.25, 0.3) is 21.9 Å². The van der Waals surface area contributed by atoms with Crippen molar-refractivity contribution in [3.63, 3.8) is 0 Å². The summed E-state index contributed by atoms with van der Waals surface area (Å²) in [4.78, 5) is 18.2. The number of hydrogen-bond acceptors (Lipinski definition) is 4. The Balaban J connectivity index is 1.53. The molecule has 2 aromatic heterocycles. The Hall–Kier alpha value is -3.62. The molecule has 4 aromatic rings. The van der Waals surface area contributed by atoms with E-state index in [-0.39, 0.29) is 48.2 Å². The lowest BCUT2D eigenvalue weighted by Gasteiger charge is -2.18. The van der Waals surface area contributed by atoms with Gasteiger partial charge in [0.2, 0.25) is 5.91 Å². The van der Waals surface area contributed by atoms with Crippen LogP contribution in [0.15, 0.2) is 53.2 Å². The number of benzene rings is 2. The molecule has 0 aliphatic carbocycles. The first-order valence-corrected chi connectivity index (χ1v) is 9.87. The second kappa shape index (κ2) is 7.81. The maximum atomic E-state index is 14.1. The third-order valence-corrected chi connectivity index (χ3v) is 5.68. The van der Waals surface area contributed by atoms with Gasteiger partial charge in [-0.25, -0.2) is 8.78 Å². The number of alkyl halides is 2. The Kier molecular flexibility index (Phi) is 4.96. The molecule has 164 valence electrons. The van der Waals surface area contributed by atoms with Crippen molar-refractivity contribution >= 4 is 27.8 Å². The minimum absolute atomic E-state index is 0.0671. The number of carbonyl (C=O) groups excluding carboxylic acids is 1. The number of fused-ring (bicyclic) bond motifs is 3. The van der Waals surface area contributed by atoms with Gasteiger partial charge in [0, 0.05) is 54.2 Å². The van der Waals surface area contributed by atoms with E-state index in [9.17, 15) is 22.4 Å². The Bertz CT molecular complexity index is 1340. The first-order chi connectivity index (χ1) is 15.4. The van der Waals surface area contributed by atoms with Crippen LogP contribution in [0.5, 0.6) is 5.75 Å². The topological polar surface area (TPSA) is 55.6 Å². The highest BCUT2D eigenvalue weighted by molar-refractivity contribution is 6.08. The fourth-order valence-corrected chi connectivity index (χ4v) is 4.26. The van der Waals surface area contributed by atoms with Gasteiger partial charge in [0.15, 0.2) is 23.0 Å². The zero-order valence-corrected chi connectivity index (χ0v) is 16.5. The van der Waals surface area contributed by atoms with Gasteiger partial charge in [-0.2, -0.15) is 8.78 Å². The maximum absolute atomic E-state index is 14.1. The third-order valence-electron chi connectivity index (χ3n) is 5.68. The van der Waals surface area contributed by atoms with E-state index in [1.54, 1.807) is 18.3 Å². The predicted octanol–water partition coefficient (Wildman–Crippen LogP) is 5.38. The van der Waals surface area contributed by atoms with Crippen molar-refractivity contribution in [3.05, 3.63) is 71.6 Å². The number of halogens is 4. The Labute approximate surface area is 179 Å². The lowest BCUT2D eigenvalue weighted by Crippen LogP contribution is -2.25. The maximum Gasteiger partial charge on any atom is 0.387 e. The minimum atomic E-state index is -3.03. The minimum Gasteiger partial charge on any atom is -0.452 e. The van der Waals surface area contributed by atoms with Crippen molar-refractivity contribution in [2.75, 3.05) is 6.54 Å². The molecule has 0 bridgehead atoms. The Morgan fingerprint density at radius 3 is 2.84 bits per heavy atom. The van der Waals surface area contributed by atoms with E-state index >= 15 is 0 Å². The van der Waals surface area contributed by atoms with Crippen LogP contribution in [0.1, 0.15) is 23.5 Å². The molecule has 5 nitrogen and oxygen atoms in total. The molecule has 0 N–H and O–H groups in total. The molecule has 1 aliphatic heterocycles. The van der Waals surface area contributed by atoms with Crippen LogP contribution >= 0.6 is 0 Å². The molecule has 1 aliphatic rings. The van der Waals surface area contributed by atoms with E-state index in [4.69, 9.17) is 4.42 Å². The summed E-state index contributed by atoms with van der Waals surface area (Å²) < 4.78 is 63.8. The molecule has 3 heterocycles. The number of rotatable bonds is 5. The van der Waals surface area contributed by atoms with Gasteiger partial charge >= 0.3 is 6.61 Å². The van der Waals surface area contributed by atoms with Gasteiger partial charge in [0.1, 0.15) is 5.58 Å². The van der Waals surface area contributed by atoms with E-state index in [0.29, 0.717) is 21.9 Å². The van der Waals surface area contributed by atoms with Crippen LogP contribution in [-0.2, 0) is 11.3 Å². The highest BCUT2D eigenvalue weighted by Gasteiger charge is 2.33. The molecule has 1 unspecified atom stereocenters. The van der Waals surface area contributed by atoms with Crippen LogP contribution in [0.4, 0.5) is 17.6 Å². The summed E-state index contributed by atoms with van der Waals surface area (Å²) in [5.74, 6) is -2.59. The number of carbonyl (C=O) groups is 1. The van der Waals surface area contributed by atoms with Gasteiger partial charge in [-0.1, -0.05) is 18.2 Å². The Morgan fingerprint density at radius 2 is 2.03 bits per heavy atom. The zero-order chi connectivity index (χ0) is 22.4. The molecular weight excluding hydrogens is 428 g/mol. The average molecular weight is 444 g/mol. The number of ether oxygens (including phenoxy) is 1. The predicted molar refractivity (Wildman–Crippen MR) is 107 cm³/mol. The summed E-state index contributed by atoms with van der Waals surface area (Å²) in [7, 11) is 0. The van der Waals surface area contributed by atoms with Gasteiger partial charge in [-0.3, -0.25) is 9.78 Å². The molecule has 5 rings (SSSR count). The van der Waals surface area contributed by atoms with E-state index in [0.717, 1.165) is 6.07 Å². The van der Waals surface area contributed by atoms with Crippen LogP contribution < -0.4 is 4.74 Å². The SMILES string of the molecule is O=C1CC(c2ccc(OC(F)F)c3oc4ccncc4c23)CN1Cc1cccc(F)c1F. The van der Waals surface area contributed by atoms with Crippen LogP contribution in [0.2, 0.25) is 0 Å². The number of pyridine rings is 1. The molecule has 1 atom stereocenters. The molecular formula is C23H16F4N2O3. The van der Waals surface area contributed by atoms with Gasteiger partial charge < -0.3 is 14.1 Å². The molecule has 32 heavy (non-hydrogen) atoms. The summed E-state index contributed by atoms with van der Waals surface area (Å²) in [6.45, 7) is -2.84. The number of furan rings is 1. The monoisotopic (exact) mass is 444 g/mol. The molecule has 0 radical (unpaired) electrons. The molecule has 1 amide bonds. The first kappa shape index (κ1) is 20.3. The number of aromatic nitrogens is 1. The first-order valence-electron chi connectivity index (χ1n) is 9.87. The number of hydrogen-bond donors (Lipinski definition) is 0. The van der Waals surface area contributed by atoms with E-state index in [1.165, 1.54) is 29.3 Å². The molecule has 1 fully saturated rings. The van der Waals surface area contributed by atoms with Crippen molar-refractivity contribution in [1.29, 1.82) is 0 Å². The highest BCUT2D eigenvalue weighted by Crippen LogP contribution is 2.42. The van der Waals surface area contributed by atoms with E-state index in [2.05, 4.69) is 9.72 Å². The average Bonchev–Trinajstić information content (AvgIpc) is 3.33. The summed E-state index contributed by atoms with van der Waals surface area (Å²) >= 11 is 0. The largest absolute Gasteiger partial charge is 0.452 e. The second-order valence-corrected chi connectivity index (χ2v) is 7.60. The number of likely N-dealkylation sites (tertiary alicyclic amines) is 1. The molecule has 0 saturated carbocycles. The highest BCUT2D eigenvalue weighted by atomic mass is 19.3. The normalized spacial score (nSPS) is 16.6. The standard InChI is InChI=1S/C23H16F4N2O3/c24-16-3-1-2-12(21(16)25)10-29-11-13(8-19(29)30)14-4-5-18(32-23(26)27)22-20(14)15-9-28-7-6-17(15)31-22/h1-7,9,13,23H,8,10-11H2. The number of nitrogens with zero attached hydrogens (tertiary/aromatic N) is 2. The van der Waals surface area contributed by atoms with Gasteiger partial charge in [0.25, 0.3) is 0 Å². The lowest BCUT2D eigenvalue weighted by atomic mass is 9.93. The Morgan fingerprint density at radius 1 is 1.19 bits per heavy atom. The summed E-state index contributed by atoms with van der Waals surface area (Å²) in [5, 5.41) is 1.15. The smallest absolute Gasteiger partial charge is 0.387 e. The second-order valence-electron chi connectivity index (χ2n) is 7.60. The van der Waals surface area contributed by atoms with Crippen molar-refractivity contribution in [2.45, 2.75) is 25.5 Å². The van der Waals surface area contributed by atoms with Crippen molar-refractivity contribution in [1.82, 2.24) is 9.88 Å². The third kappa shape index (κ3) is 3.43. The molecule has 9 heteroatoms. The zero-order valence-electron chi connectivity index (χ0n) is 16.5. The summed E-state index contributed by atoms with van der Waals surface area (Å²) in [5.41, 5.74) is 1.39. The quantitative estimate of drug-likeness (QED) is 0.388. The van der Waals surface area contributed by atoms with Gasteiger partial charge in [0.05, 0.1) is 0 Å². The van der Waals surface area contributed by atoms with Crippen molar-refractivity contribution in [2.24, 2.45) is 0 Å². The van der Waals surface area contributed by atoms with Gasteiger partial charge in [-0.15, -0.1) is 0 Å². The lowest BCUT2D eigenvalue weighted by molar-refractivity contribution is -0.128. The van der Waals surface area contributed by atoms with Crippen LogP contribution in [0, 0.1) is 11.6 Å². The van der Waals surface area contributed by atoms with Crippen molar-refractivity contribution < 1.29 is 31.5 Å². The van der Waals surface area contributed by atoms with Crippen molar-refractivity contribution in [3.8, 4) is 5.75 Å². The molecule has 1 saturated heterocycles. The van der Waals surface area contributed by atoms with Crippen LogP contribution in [-0.4, -0.2) is 28.9 Å².